The predicted octanol–water partition coefficient (Wildman–Crippen LogP) is 5.40. The molecule has 154 valence electrons. The van der Waals surface area contributed by atoms with Crippen molar-refractivity contribution in [1.82, 2.24) is 0 Å². The van der Waals surface area contributed by atoms with Crippen molar-refractivity contribution in [3.05, 3.63) is 83.4 Å². The lowest BCUT2D eigenvalue weighted by Gasteiger charge is -2.14. The van der Waals surface area contributed by atoms with Crippen LogP contribution in [0.15, 0.2) is 77.7 Å². The Labute approximate surface area is 184 Å². The number of halogens is 1. The van der Waals surface area contributed by atoms with Crippen molar-refractivity contribution in [2.75, 3.05) is 23.0 Å². The predicted molar refractivity (Wildman–Crippen MR) is 123 cm³/mol. The van der Waals surface area contributed by atoms with Crippen LogP contribution in [0.4, 0.5) is 11.4 Å². The number of hydrogen-bond acceptors (Lipinski definition) is 4. The van der Waals surface area contributed by atoms with Crippen molar-refractivity contribution in [1.29, 1.82) is 0 Å². The molecule has 5 nitrogen and oxygen atoms in total. The van der Waals surface area contributed by atoms with Crippen LogP contribution in [0.5, 0.6) is 5.75 Å². The molecule has 0 atom stereocenters. The summed E-state index contributed by atoms with van der Waals surface area (Å²) in [6.45, 7) is 1.79. The van der Waals surface area contributed by atoms with E-state index in [0.29, 0.717) is 22.1 Å². The summed E-state index contributed by atoms with van der Waals surface area (Å²) in [6.07, 6.45) is 0. The largest absolute Gasteiger partial charge is 0.484 e. The third-order valence-electron chi connectivity index (χ3n) is 4.02. The van der Waals surface area contributed by atoms with Crippen LogP contribution in [0.1, 0.15) is 5.56 Å². The molecule has 2 N–H and O–H groups in total. The third kappa shape index (κ3) is 6.83. The maximum atomic E-state index is 12.4. The summed E-state index contributed by atoms with van der Waals surface area (Å²) in [5.74, 6) is 0.370. The fourth-order valence-corrected chi connectivity index (χ4v) is 3.41. The fourth-order valence-electron chi connectivity index (χ4n) is 2.59. The van der Waals surface area contributed by atoms with Crippen molar-refractivity contribution in [3.63, 3.8) is 0 Å². The SMILES string of the molecule is Cc1ccc(NC(=O)COc2ccccc2)c(NC(=O)CSc2ccc(Cl)cc2)c1. The van der Waals surface area contributed by atoms with Gasteiger partial charge in [-0.2, -0.15) is 0 Å². The standard InChI is InChI=1S/C23H21ClN2O3S/c1-16-7-12-20(25-22(27)14-29-18-5-3-2-4-6-18)21(13-16)26-23(28)15-30-19-10-8-17(24)9-11-19/h2-13H,14-15H2,1H3,(H,25,27)(H,26,28). The Hall–Kier alpha value is -2.96. The van der Waals surface area contributed by atoms with E-state index in [2.05, 4.69) is 10.6 Å². The minimum absolute atomic E-state index is 0.127. The lowest BCUT2D eigenvalue weighted by molar-refractivity contribution is -0.118. The topological polar surface area (TPSA) is 67.4 Å². The van der Waals surface area contributed by atoms with E-state index in [0.717, 1.165) is 10.5 Å². The summed E-state index contributed by atoms with van der Waals surface area (Å²) in [5, 5.41) is 6.32. The van der Waals surface area contributed by atoms with Crippen molar-refractivity contribution >= 4 is 46.6 Å². The molecule has 0 fully saturated rings. The minimum Gasteiger partial charge on any atom is -0.484 e. The van der Waals surface area contributed by atoms with E-state index in [1.54, 1.807) is 30.3 Å². The number of ether oxygens (including phenoxy) is 1. The molecule has 0 bridgehead atoms. The highest BCUT2D eigenvalue weighted by Gasteiger charge is 2.11. The van der Waals surface area contributed by atoms with Gasteiger partial charge in [-0.3, -0.25) is 9.59 Å². The number of para-hydroxylation sites is 1. The smallest absolute Gasteiger partial charge is 0.262 e. The van der Waals surface area contributed by atoms with Crippen molar-refractivity contribution in [3.8, 4) is 5.75 Å². The first-order valence-corrected chi connectivity index (χ1v) is 10.6. The molecule has 0 spiro atoms. The molecular weight excluding hydrogens is 420 g/mol. The Balaban J connectivity index is 1.57. The van der Waals surface area contributed by atoms with Gasteiger partial charge >= 0.3 is 0 Å². The van der Waals surface area contributed by atoms with Crippen LogP contribution in [-0.4, -0.2) is 24.2 Å². The zero-order chi connectivity index (χ0) is 21.3. The van der Waals surface area contributed by atoms with Gasteiger partial charge in [0, 0.05) is 9.92 Å². The number of carbonyl (C=O) groups excluding carboxylic acids is 2. The number of amides is 2. The fraction of sp³-hybridized carbons (Fsp3) is 0.130. The molecule has 30 heavy (non-hydrogen) atoms. The number of thioether (sulfide) groups is 1. The summed E-state index contributed by atoms with van der Waals surface area (Å²) < 4.78 is 5.47. The minimum atomic E-state index is -0.311. The molecule has 0 aliphatic carbocycles. The van der Waals surface area contributed by atoms with Crippen LogP contribution < -0.4 is 15.4 Å². The maximum absolute atomic E-state index is 12.4. The molecule has 3 rings (SSSR count). The second-order valence-corrected chi connectivity index (χ2v) is 7.97. The van der Waals surface area contributed by atoms with E-state index in [4.69, 9.17) is 16.3 Å². The second kappa shape index (κ2) is 10.7. The monoisotopic (exact) mass is 440 g/mol. The van der Waals surface area contributed by atoms with Gasteiger partial charge in [-0.25, -0.2) is 0 Å². The van der Waals surface area contributed by atoms with E-state index in [1.165, 1.54) is 11.8 Å². The van der Waals surface area contributed by atoms with E-state index < -0.39 is 0 Å². The number of aryl methyl sites for hydroxylation is 1. The van der Waals surface area contributed by atoms with Crippen LogP contribution in [0.2, 0.25) is 5.02 Å². The van der Waals surface area contributed by atoms with Crippen LogP contribution >= 0.6 is 23.4 Å². The average Bonchev–Trinajstić information content (AvgIpc) is 2.74. The molecule has 3 aromatic carbocycles. The summed E-state index contributed by atoms with van der Waals surface area (Å²) in [5.41, 5.74) is 2.03. The third-order valence-corrected chi connectivity index (χ3v) is 5.28. The highest BCUT2D eigenvalue weighted by Crippen LogP contribution is 2.25. The molecule has 3 aromatic rings. The normalized spacial score (nSPS) is 10.3. The second-order valence-electron chi connectivity index (χ2n) is 6.49. The Kier molecular flexibility index (Phi) is 7.76. The molecule has 0 aliphatic rings. The van der Waals surface area contributed by atoms with Crippen molar-refractivity contribution < 1.29 is 14.3 Å². The lowest BCUT2D eigenvalue weighted by Crippen LogP contribution is -2.22. The van der Waals surface area contributed by atoms with Gasteiger partial charge in [-0.05, 0) is 61.0 Å². The number of carbonyl (C=O) groups is 2. The zero-order valence-electron chi connectivity index (χ0n) is 16.4. The first-order chi connectivity index (χ1) is 14.5. The van der Waals surface area contributed by atoms with Crippen LogP contribution in [0.25, 0.3) is 0 Å². The number of rotatable bonds is 8. The van der Waals surface area contributed by atoms with Gasteiger partial charge in [0.25, 0.3) is 5.91 Å². The van der Waals surface area contributed by atoms with Crippen LogP contribution in [0, 0.1) is 6.92 Å². The number of nitrogens with one attached hydrogen (secondary N) is 2. The van der Waals surface area contributed by atoms with E-state index in [1.807, 2.05) is 49.4 Å². The number of benzene rings is 3. The Morgan fingerprint density at radius 3 is 2.33 bits per heavy atom. The van der Waals surface area contributed by atoms with Gasteiger partial charge in [-0.15, -0.1) is 11.8 Å². The summed E-state index contributed by atoms with van der Waals surface area (Å²) in [7, 11) is 0. The highest BCUT2D eigenvalue weighted by molar-refractivity contribution is 8.00. The van der Waals surface area contributed by atoms with Gasteiger partial charge in [0.05, 0.1) is 17.1 Å². The van der Waals surface area contributed by atoms with E-state index >= 15 is 0 Å². The van der Waals surface area contributed by atoms with E-state index in [9.17, 15) is 9.59 Å². The molecule has 0 radical (unpaired) electrons. The van der Waals surface area contributed by atoms with Crippen LogP contribution in [0.3, 0.4) is 0 Å². The quantitative estimate of drug-likeness (QED) is 0.460. The first-order valence-electron chi connectivity index (χ1n) is 9.26. The lowest BCUT2D eigenvalue weighted by atomic mass is 10.2. The van der Waals surface area contributed by atoms with E-state index in [-0.39, 0.29) is 24.2 Å². The molecule has 7 heteroatoms. The molecule has 0 aromatic heterocycles. The maximum Gasteiger partial charge on any atom is 0.262 e. The van der Waals surface area contributed by atoms with Crippen molar-refractivity contribution in [2.45, 2.75) is 11.8 Å². The Morgan fingerprint density at radius 2 is 1.60 bits per heavy atom. The first kappa shape index (κ1) is 21.7. The Morgan fingerprint density at radius 1 is 0.900 bits per heavy atom. The number of hydrogen-bond donors (Lipinski definition) is 2. The van der Waals surface area contributed by atoms with Gasteiger partial charge in [0.1, 0.15) is 5.75 Å². The van der Waals surface area contributed by atoms with Gasteiger partial charge in [0.2, 0.25) is 5.91 Å². The van der Waals surface area contributed by atoms with Gasteiger partial charge < -0.3 is 15.4 Å². The summed E-state index contributed by atoms with van der Waals surface area (Å²) in [4.78, 5) is 25.6. The zero-order valence-corrected chi connectivity index (χ0v) is 17.9. The van der Waals surface area contributed by atoms with Crippen LogP contribution in [-0.2, 0) is 9.59 Å². The molecule has 0 heterocycles. The molecular formula is C23H21ClN2O3S. The molecule has 0 unspecified atom stereocenters. The summed E-state index contributed by atoms with van der Waals surface area (Å²) >= 11 is 7.29. The molecule has 0 aliphatic heterocycles. The van der Waals surface area contributed by atoms with Gasteiger partial charge in [-0.1, -0.05) is 35.9 Å². The average molecular weight is 441 g/mol. The van der Waals surface area contributed by atoms with Crippen molar-refractivity contribution in [2.24, 2.45) is 0 Å². The molecule has 0 saturated carbocycles. The molecule has 0 saturated heterocycles. The van der Waals surface area contributed by atoms with Gasteiger partial charge in [0.15, 0.2) is 6.61 Å². The highest BCUT2D eigenvalue weighted by atomic mass is 35.5. The Bertz CT molecular complexity index is 1010. The molecule has 2 amide bonds. The number of anilines is 2. The summed E-state index contributed by atoms with van der Waals surface area (Å²) in [6, 6.07) is 21.9.